The predicted molar refractivity (Wildman–Crippen MR) is 87.3 cm³/mol. The van der Waals surface area contributed by atoms with Crippen molar-refractivity contribution in [3.05, 3.63) is 51.8 Å². The molecule has 0 amide bonds. The number of hydrogen-bond donors (Lipinski definition) is 1. The molecule has 1 aliphatic carbocycles. The van der Waals surface area contributed by atoms with E-state index in [0.717, 1.165) is 41.5 Å². The van der Waals surface area contributed by atoms with Gasteiger partial charge >= 0.3 is 0 Å². The number of aromatic nitrogens is 2. The molecular weight excluding hydrogens is 328 g/mol. The van der Waals surface area contributed by atoms with Gasteiger partial charge in [0.25, 0.3) is 0 Å². The first kappa shape index (κ1) is 14.8. The molecule has 3 rings (SSSR count). The van der Waals surface area contributed by atoms with Crippen molar-refractivity contribution < 1.29 is 5.11 Å². The van der Waals surface area contributed by atoms with Gasteiger partial charge in [0.15, 0.2) is 0 Å². The zero-order valence-electron chi connectivity index (χ0n) is 12.5. The first-order valence-electron chi connectivity index (χ1n) is 7.61. The Morgan fingerprint density at radius 3 is 2.95 bits per heavy atom. The van der Waals surface area contributed by atoms with Crippen LogP contribution in [0, 0.1) is 0 Å². The number of aliphatic hydroxyl groups is 1. The Bertz CT molecular complexity index is 652. The van der Waals surface area contributed by atoms with Gasteiger partial charge in [0.1, 0.15) is 5.60 Å². The van der Waals surface area contributed by atoms with Crippen LogP contribution in [-0.4, -0.2) is 14.9 Å². The van der Waals surface area contributed by atoms with Gasteiger partial charge in [0.2, 0.25) is 0 Å². The lowest BCUT2D eigenvalue weighted by Gasteiger charge is -2.38. The van der Waals surface area contributed by atoms with Crippen molar-refractivity contribution >= 4 is 15.9 Å². The lowest BCUT2D eigenvalue weighted by Crippen LogP contribution is -2.35. The Balaban J connectivity index is 2.18. The third-order valence-electron chi connectivity index (χ3n) is 4.50. The molecule has 0 saturated heterocycles. The van der Waals surface area contributed by atoms with Gasteiger partial charge < -0.3 is 5.11 Å². The molecule has 0 bridgehead atoms. The van der Waals surface area contributed by atoms with E-state index in [-0.39, 0.29) is 0 Å². The Hall–Kier alpha value is -1.13. The fourth-order valence-corrected chi connectivity index (χ4v) is 4.04. The van der Waals surface area contributed by atoms with Gasteiger partial charge in [-0.25, -0.2) is 0 Å². The summed E-state index contributed by atoms with van der Waals surface area (Å²) in [5, 5.41) is 15.9. The van der Waals surface area contributed by atoms with Gasteiger partial charge in [-0.15, -0.1) is 0 Å². The molecule has 0 spiro atoms. The third kappa shape index (κ3) is 2.34. The minimum atomic E-state index is -0.951. The average Bonchev–Trinajstić information content (AvgIpc) is 2.86. The Morgan fingerprint density at radius 2 is 2.19 bits per heavy atom. The van der Waals surface area contributed by atoms with E-state index in [2.05, 4.69) is 53.1 Å². The molecule has 1 aliphatic rings. The average molecular weight is 349 g/mol. The molecule has 21 heavy (non-hydrogen) atoms. The van der Waals surface area contributed by atoms with Crippen molar-refractivity contribution in [3.63, 3.8) is 0 Å². The van der Waals surface area contributed by atoms with E-state index in [0.29, 0.717) is 5.92 Å². The van der Waals surface area contributed by atoms with Crippen LogP contribution in [0.3, 0.4) is 0 Å². The number of halogens is 1. The maximum atomic E-state index is 11.5. The van der Waals surface area contributed by atoms with Gasteiger partial charge in [-0.1, -0.05) is 38.1 Å². The molecule has 1 N–H and O–H groups in total. The highest BCUT2D eigenvalue weighted by molar-refractivity contribution is 9.10. The van der Waals surface area contributed by atoms with E-state index in [9.17, 15) is 5.11 Å². The molecule has 1 aromatic carbocycles. The number of nitrogens with zero attached hydrogens (tertiary/aromatic N) is 2. The highest BCUT2D eigenvalue weighted by atomic mass is 79.9. The Labute approximate surface area is 134 Å². The van der Waals surface area contributed by atoms with Crippen LogP contribution < -0.4 is 0 Å². The zero-order valence-corrected chi connectivity index (χ0v) is 14.1. The van der Waals surface area contributed by atoms with Crippen molar-refractivity contribution in [1.82, 2.24) is 9.78 Å². The first-order chi connectivity index (χ1) is 10.1. The monoisotopic (exact) mass is 348 g/mol. The summed E-state index contributed by atoms with van der Waals surface area (Å²) in [5.41, 5.74) is 2.22. The molecule has 1 heterocycles. The van der Waals surface area contributed by atoms with Crippen LogP contribution in [0.4, 0.5) is 0 Å². The van der Waals surface area contributed by atoms with E-state index < -0.39 is 5.60 Å². The predicted octanol–water partition coefficient (Wildman–Crippen LogP) is 4.19. The lowest BCUT2D eigenvalue weighted by atomic mass is 9.73. The fraction of sp³-hybridized carbons (Fsp3) is 0.471. The Morgan fingerprint density at radius 1 is 1.43 bits per heavy atom. The summed E-state index contributed by atoms with van der Waals surface area (Å²) in [6, 6.07) is 8.26. The summed E-state index contributed by atoms with van der Waals surface area (Å²) in [4.78, 5) is 0. The van der Waals surface area contributed by atoms with E-state index in [1.54, 1.807) is 6.20 Å². The van der Waals surface area contributed by atoms with E-state index in [1.165, 1.54) is 5.56 Å². The molecule has 3 nitrogen and oxygen atoms in total. The van der Waals surface area contributed by atoms with Gasteiger partial charge in [-0.05, 0) is 52.2 Å². The zero-order chi connectivity index (χ0) is 15.0. The number of fused-ring (bicyclic) bond motifs is 1. The summed E-state index contributed by atoms with van der Waals surface area (Å²) in [6.07, 6.45) is 4.51. The van der Waals surface area contributed by atoms with Crippen LogP contribution in [0.5, 0.6) is 0 Å². The second-order valence-corrected chi connectivity index (χ2v) is 6.81. The smallest absolute Gasteiger partial charge is 0.133 e. The van der Waals surface area contributed by atoms with Crippen LogP contribution in [0.15, 0.2) is 34.9 Å². The van der Waals surface area contributed by atoms with Gasteiger partial charge in [-0.2, -0.15) is 5.10 Å². The SMILES string of the molecule is CCCn1ncc(Br)c1C1(O)CCC(C)c2ccccc21. The normalized spacial score (nSPS) is 24.9. The molecular formula is C17H21BrN2O. The van der Waals surface area contributed by atoms with Crippen LogP contribution in [-0.2, 0) is 12.1 Å². The van der Waals surface area contributed by atoms with Gasteiger partial charge in [0, 0.05) is 6.54 Å². The minimum Gasteiger partial charge on any atom is -0.379 e. The van der Waals surface area contributed by atoms with Gasteiger partial charge in [0.05, 0.1) is 16.4 Å². The van der Waals surface area contributed by atoms with Crippen molar-refractivity contribution in [2.24, 2.45) is 0 Å². The van der Waals surface area contributed by atoms with Crippen LogP contribution >= 0.6 is 15.9 Å². The summed E-state index contributed by atoms with van der Waals surface area (Å²) < 4.78 is 2.83. The first-order valence-corrected chi connectivity index (χ1v) is 8.40. The minimum absolute atomic E-state index is 0.489. The maximum Gasteiger partial charge on any atom is 0.133 e. The summed E-state index contributed by atoms with van der Waals surface area (Å²) >= 11 is 3.58. The van der Waals surface area contributed by atoms with Crippen LogP contribution in [0.2, 0.25) is 0 Å². The second-order valence-electron chi connectivity index (χ2n) is 5.95. The highest BCUT2D eigenvalue weighted by Crippen LogP contribution is 2.46. The van der Waals surface area contributed by atoms with Crippen LogP contribution in [0.25, 0.3) is 0 Å². The van der Waals surface area contributed by atoms with Crippen LogP contribution in [0.1, 0.15) is 55.8 Å². The third-order valence-corrected chi connectivity index (χ3v) is 5.08. The van der Waals surface area contributed by atoms with E-state index >= 15 is 0 Å². The molecule has 2 unspecified atom stereocenters. The molecule has 1 aromatic heterocycles. The highest BCUT2D eigenvalue weighted by Gasteiger charge is 2.41. The molecule has 112 valence electrons. The number of benzene rings is 1. The molecule has 0 fully saturated rings. The molecule has 0 saturated carbocycles. The number of hydrogen-bond acceptors (Lipinski definition) is 2. The molecule has 4 heteroatoms. The topological polar surface area (TPSA) is 38.0 Å². The van der Waals surface area contributed by atoms with E-state index in [4.69, 9.17) is 0 Å². The van der Waals surface area contributed by atoms with Crippen molar-refractivity contribution in [3.8, 4) is 0 Å². The largest absolute Gasteiger partial charge is 0.379 e. The van der Waals surface area contributed by atoms with Crippen molar-refractivity contribution in [2.75, 3.05) is 0 Å². The van der Waals surface area contributed by atoms with Crippen molar-refractivity contribution in [1.29, 1.82) is 0 Å². The molecule has 0 aliphatic heterocycles. The second kappa shape index (κ2) is 5.58. The summed E-state index contributed by atoms with van der Waals surface area (Å²) in [7, 11) is 0. The van der Waals surface area contributed by atoms with Gasteiger partial charge in [-0.3, -0.25) is 4.68 Å². The lowest BCUT2D eigenvalue weighted by molar-refractivity contribution is 0.0478. The molecule has 0 radical (unpaired) electrons. The molecule has 2 aromatic rings. The van der Waals surface area contributed by atoms with Crippen molar-refractivity contribution in [2.45, 2.75) is 51.2 Å². The Kier molecular flexibility index (Phi) is 3.93. The van der Waals surface area contributed by atoms with E-state index in [1.807, 2.05) is 10.7 Å². The quantitative estimate of drug-likeness (QED) is 0.902. The maximum absolute atomic E-state index is 11.5. The summed E-state index contributed by atoms with van der Waals surface area (Å²) in [6.45, 7) is 5.18. The molecule has 2 atom stereocenters. The standard InChI is InChI=1S/C17H21BrN2O/c1-3-10-20-16(15(18)11-19-20)17(21)9-8-12(2)13-6-4-5-7-14(13)17/h4-7,11-12,21H,3,8-10H2,1-2H3. The fourth-order valence-electron chi connectivity index (χ4n) is 3.42. The number of aryl methyl sites for hydroxylation is 1. The summed E-state index contributed by atoms with van der Waals surface area (Å²) in [5.74, 6) is 0.489. The number of rotatable bonds is 3.